The molecule has 1 atom stereocenters. The van der Waals surface area contributed by atoms with Gasteiger partial charge in [0.15, 0.2) is 5.96 Å². The number of hydrogen-bond donors (Lipinski definition) is 1. The number of nitrogens with one attached hydrogen (secondary N) is 1. The molecule has 0 spiro atoms. The second-order valence-electron chi connectivity index (χ2n) is 7.19. The van der Waals surface area contributed by atoms with Gasteiger partial charge in [0.05, 0.1) is 25.7 Å². The summed E-state index contributed by atoms with van der Waals surface area (Å²) in [5.41, 5.74) is 1.22. The highest BCUT2D eigenvalue weighted by molar-refractivity contribution is 14.0. The predicted octanol–water partition coefficient (Wildman–Crippen LogP) is 2.77. The van der Waals surface area contributed by atoms with Gasteiger partial charge in [0.1, 0.15) is 5.75 Å². The molecule has 0 saturated carbocycles. The zero-order valence-corrected chi connectivity index (χ0v) is 20.5. The maximum Gasteiger partial charge on any atom is 0.309 e. The average Bonchev–Trinajstić information content (AvgIpc) is 2.71. The van der Waals surface area contributed by atoms with Crippen LogP contribution in [0.1, 0.15) is 31.4 Å². The van der Waals surface area contributed by atoms with Gasteiger partial charge in [-0.3, -0.25) is 9.79 Å². The number of likely N-dealkylation sites (N-methyl/N-ethyl adjacent to an activating group) is 1. The van der Waals surface area contributed by atoms with E-state index in [9.17, 15) is 4.79 Å². The van der Waals surface area contributed by atoms with Crippen LogP contribution in [-0.2, 0) is 9.53 Å². The molecule has 1 N–H and O–H groups in total. The summed E-state index contributed by atoms with van der Waals surface area (Å²) in [5.74, 6) is 1.66. The molecule has 0 aliphatic carbocycles. The fraction of sp³-hybridized carbons (Fsp3) is 0.619. The Morgan fingerprint density at radius 3 is 2.38 bits per heavy atom. The smallest absolute Gasteiger partial charge is 0.309 e. The number of benzene rings is 1. The van der Waals surface area contributed by atoms with Crippen LogP contribution < -0.4 is 10.1 Å². The molecule has 1 aromatic rings. The van der Waals surface area contributed by atoms with Crippen LogP contribution in [0.15, 0.2) is 29.3 Å². The minimum absolute atomic E-state index is 0. The summed E-state index contributed by atoms with van der Waals surface area (Å²) in [6, 6.07) is 8.37. The number of halogens is 1. The van der Waals surface area contributed by atoms with E-state index in [1.54, 1.807) is 14.2 Å². The molecule has 0 radical (unpaired) electrons. The Kier molecular flexibility index (Phi) is 11.3. The zero-order chi connectivity index (χ0) is 20.5. The SMILES string of the molecule is CCOC(=O)C1CCN(C(=NC)NCC(c2ccc(OC)cc2)N(C)C)CC1.I. The van der Waals surface area contributed by atoms with E-state index in [0.717, 1.165) is 44.2 Å². The number of nitrogens with zero attached hydrogens (tertiary/aromatic N) is 3. The first-order chi connectivity index (χ1) is 13.5. The van der Waals surface area contributed by atoms with Crippen molar-refractivity contribution in [3.05, 3.63) is 29.8 Å². The van der Waals surface area contributed by atoms with Crippen LogP contribution in [0.4, 0.5) is 0 Å². The number of likely N-dealkylation sites (tertiary alicyclic amines) is 1. The molecule has 1 aromatic carbocycles. The molecule has 29 heavy (non-hydrogen) atoms. The molecular formula is C21H35IN4O3. The van der Waals surface area contributed by atoms with Gasteiger partial charge in [-0.15, -0.1) is 24.0 Å². The van der Waals surface area contributed by atoms with Gasteiger partial charge in [0, 0.05) is 26.7 Å². The lowest BCUT2D eigenvalue weighted by atomic mass is 9.97. The van der Waals surface area contributed by atoms with Crippen LogP contribution in [0.2, 0.25) is 0 Å². The van der Waals surface area contributed by atoms with E-state index < -0.39 is 0 Å². The molecule has 1 unspecified atom stereocenters. The molecule has 1 aliphatic rings. The van der Waals surface area contributed by atoms with E-state index in [4.69, 9.17) is 9.47 Å². The van der Waals surface area contributed by atoms with Gasteiger partial charge >= 0.3 is 5.97 Å². The summed E-state index contributed by atoms with van der Waals surface area (Å²) in [7, 11) is 7.63. The Bertz CT molecular complexity index is 644. The van der Waals surface area contributed by atoms with Crippen molar-refractivity contribution in [2.45, 2.75) is 25.8 Å². The zero-order valence-electron chi connectivity index (χ0n) is 18.2. The summed E-state index contributed by atoms with van der Waals surface area (Å²) in [6.45, 7) is 4.64. The number of carbonyl (C=O) groups is 1. The number of esters is 1. The quantitative estimate of drug-likeness (QED) is 0.259. The number of methoxy groups -OCH3 is 1. The molecule has 0 amide bonds. The molecule has 1 heterocycles. The Morgan fingerprint density at radius 1 is 1.28 bits per heavy atom. The van der Waals surface area contributed by atoms with Crippen molar-refractivity contribution in [3.8, 4) is 5.75 Å². The summed E-state index contributed by atoms with van der Waals surface area (Å²) >= 11 is 0. The van der Waals surface area contributed by atoms with Gasteiger partial charge in [0.2, 0.25) is 0 Å². The first kappa shape index (κ1) is 25.5. The van der Waals surface area contributed by atoms with Gasteiger partial charge in [0.25, 0.3) is 0 Å². The van der Waals surface area contributed by atoms with Crippen molar-refractivity contribution in [2.24, 2.45) is 10.9 Å². The molecular weight excluding hydrogens is 483 g/mol. The van der Waals surface area contributed by atoms with Crippen LogP contribution in [0.5, 0.6) is 5.75 Å². The Hall–Kier alpha value is -1.55. The molecule has 0 bridgehead atoms. The fourth-order valence-electron chi connectivity index (χ4n) is 3.53. The first-order valence-corrected chi connectivity index (χ1v) is 9.92. The summed E-state index contributed by atoms with van der Waals surface area (Å²) in [6.07, 6.45) is 1.60. The van der Waals surface area contributed by atoms with Crippen molar-refractivity contribution in [2.75, 3.05) is 54.5 Å². The van der Waals surface area contributed by atoms with Gasteiger partial charge in [-0.25, -0.2) is 0 Å². The number of aliphatic imine (C=N–C) groups is 1. The third kappa shape index (κ3) is 7.33. The molecule has 8 heteroatoms. The maximum absolute atomic E-state index is 11.9. The van der Waals surface area contributed by atoms with Crippen molar-refractivity contribution in [1.82, 2.24) is 15.1 Å². The first-order valence-electron chi connectivity index (χ1n) is 9.92. The summed E-state index contributed by atoms with van der Waals surface area (Å²) in [5, 5.41) is 3.50. The maximum atomic E-state index is 11.9. The van der Waals surface area contributed by atoms with Crippen LogP contribution in [-0.4, -0.2) is 76.2 Å². The largest absolute Gasteiger partial charge is 0.497 e. The Morgan fingerprint density at radius 2 is 1.90 bits per heavy atom. The van der Waals surface area contributed by atoms with E-state index in [1.807, 2.05) is 19.1 Å². The van der Waals surface area contributed by atoms with E-state index in [1.165, 1.54) is 5.56 Å². The molecule has 1 saturated heterocycles. The lowest BCUT2D eigenvalue weighted by molar-refractivity contribution is -0.149. The second-order valence-corrected chi connectivity index (χ2v) is 7.19. The molecule has 7 nitrogen and oxygen atoms in total. The lowest BCUT2D eigenvalue weighted by Gasteiger charge is -2.34. The number of piperidine rings is 1. The third-order valence-electron chi connectivity index (χ3n) is 5.20. The van der Waals surface area contributed by atoms with E-state index >= 15 is 0 Å². The third-order valence-corrected chi connectivity index (χ3v) is 5.20. The predicted molar refractivity (Wildman–Crippen MR) is 127 cm³/mol. The van der Waals surface area contributed by atoms with E-state index in [0.29, 0.717) is 6.61 Å². The molecule has 1 fully saturated rings. The van der Waals surface area contributed by atoms with Gasteiger partial charge in [-0.2, -0.15) is 0 Å². The van der Waals surface area contributed by atoms with Crippen LogP contribution >= 0.6 is 24.0 Å². The Labute approximate surface area is 191 Å². The number of hydrogen-bond acceptors (Lipinski definition) is 5. The summed E-state index contributed by atoms with van der Waals surface area (Å²) in [4.78, 5) is 20.8. The molecule has 164 valence electrons. The van der Waals surface area contributed by atoms with Crippen LogP contribution in [0.25, 0.3) is 0 Å². The van der Waals surface area contributed by atoms with Crippen molar-refractivity contribution in [1.29, 1.82) is 0 Å². The standard InChI is InChI=1S/C21H34N4O3.HI/c1-6-28-20(26)17-11-13-25(14-12-17)21(22-2)23-15-19(24(3)4)16-7-9-18(27-5)10-8-16;/h7-10,17,19H,6,11-15H2,1-5H3,(H,22,23);1H. The normalized spacial score (nSPS) is 16.2. The molecule has 1 aliphatic heterocycles. The topological polar surface area (TPSA) is 66.4 Å². The van der Waals surface area contributed by atoms with E-state index in [2.05, 4.69) is 46.3 Å². The number of guanidine groups is 1. The van der Waals surface area contributed by atoms with Crippen LogP contribution in [0, 0.1) is 5.92 Å². The fourth-order valence-corrected chi connectivity index (χ4v) is 3.53. The Balaban J connectivity index is 0.00000420. The highest BCUT2D eigenvalue weighted by Gasteiger charge is 2.27. The number of rotatable bonds is 7. The van der Waals surface area contributed by atoms with Crippen molar-refractivity contribution < 1.29 is 14.3 Å². The lowest BCUT2D eigenvalue weighted by Crippen LogP contribution is -2.48. The van der Waals surface area contributed by atoms with Gasteiger partial charge in [-0.05, 0) is 51.6 Å². The minimum atomic E-state index is -0.0720. The summed E-state index contributed by atoms with van der Waals surface area (Å²) < 4.78 is 10.4. The second kappa shape index (κ2) is 12.9. The minimum Gasteiger partial charge on any atom is -0.497 e. The monoisotopic (exact) mass is 518 g/mol. The van der Waals surface area contributed by atoms with Crippen molar-refractivity contribution >= 4 is 35.9 Å². The molecule has 0 aromatic heterocycles. The van der Waals surface area contributed by atoms with Gasteiger partial charge < -0.3 is 24.6 Å². The highest BCUT2D eigenvalue weighted by atomic mass is 127. The molecule has 2 rings (SSSR count). The number of carbonyl (C=O) groups excluding carboxylic acids is 1. The van der Waals surface area contributed by atoms with Crippen molar-refractivity contribution in [3.63, 3.8) is 0 Å². The highest BCUT2D eigenvalue weighted by Crippen LogP contribution is 2.22. The van der Waals surface area contributed by atoms with Crippen LogP contribution in [0.3, 0.4) is 0 Å². The average molecular weight is 518 g/mol. The van der Waals surface area contributed by atoms with Gasteiger partial charge in [-0.1, -0.05) is 12.1 Å². The van der Waals surface area contributed by atoms with E-state index in [-0.39, 0.29) is 41.9 Å². The number of ether oxygens (including phenoxy) is 2.